The van der Waals surface area contributed by atoms with Crippen molar-refractivity contribution < 1.29 is 0 Å². The van der Waals surface area contributed by atoms with E-state index in [1.807, 2.05) is 18.8 Å². The van der Waals surface area contributed by atoms with Crippen molar-refractivity contribution in [1.82, 2.24) is 20.4 Å². The molecule has 0 aliphatic carbocycles. The zero-order chi connectivity index (χ0) is 19.1. The van der Waals surface area contributed by atoms with Gasteiger partial charge in [0.15, 0.2) is 5.96 Å². The predicted octanol–water partition coefficient (Wildman–Crippen LogP) is 4.06. The largest absolute Gasteiger partial charge is 0.352 e. The second-order valence-electron chi connectivity index (χ2n) is 6.30. The van der Waals surface area contributed by atoms with E-state index in [-0.39, 0.29) is 24.0 Å². The lowest BCUT2D eigenvalue weighted by atomic mass is 10.1. The first-order valence-corrected chi connectivity index (χ1v) is 10.4. The van der Waals surface area contributed by atoms with E-state index in [1.54, 1.807) is 11.8 Å². The molecule has 0 amide bonds. The summed E-state index contributed by atoms with van der Waals surface area (Å²) in [4.78, 5) is 5.68. The Kier molecular flexibility index (Phi) is 10.2. The molecule has 2 aromatic rings. The average molecular weight is 501 g/mol. The number of rotatable bonds is 7. The summed E-state index contributed by atoms with van der Waals surface area (Å²) >= 11 is 1.78. The van der Waals surface area contributed by atoms with Crippen molar-refractivity contribution in [3.8, 4) is 0 Å². The van der Waals surface area contributed by atoms with Gasteiger partial charge in [0, 0.05) is 43.3 Å². The molecule has 2 N–H and O–H groups in total. The highest BCUT2D eigenvalue weighted by Gasteiger charge is 2.14. The Bertz CT molecular complexity index is 770. The maximum atomic E-state index is 4.64. The molecular weight excluding hydrogens is 469 g/mol. The Morgan fingerprint density at radius 1 is 1.19 bits per heavy atom. The molecule has 27 heavy (non-hydrogen) atoms. The van der Waals surface area contributed by atoms with Crippen molar-refractivity contribution in [1.29, 1.82) is 0 Å². The smallest absolute Gasteiger partial charge is 0.191 e. The van der Waals surface area contributed by atoms with Crippen LogP contribution in [-0.4, -0.2) is 29.0 Å². The third-order valence-electron chi connectivity index (χ3n) is 4.57. The lowest BCUT2D eigenvalue weighted by Gasteiger charge is -2.14. The SMILES string of the molecule is CCc1nn(C)c(CC)c1CNC(=NC)NCc1ccc(C)cc1SC.I. The molecule has 1 aromatic carbocycles. The Hall–Kier alpha value is -1.22. The van der Waals surface area contributed by atoms with Gasteiger partial charge in [-0.3, -0.25) is 9.67 Å². The highest BCUT2D eigenvalue weighted by atomic mass is 127. The van der Waals surface area contributed by atoms with Gasteiger partial charge in [0.25, 0.3) is 0 Å². The average Bonchev–Trinajstić information content (AvgIpc) is 2.97. The fourth-order valence-electron chi connectivity index (χ4n) is 3.16. The maximum Gasteiger partial charge on any atom is 0.191 e. The Balaban J connectivity index is 0.00000364. The molecule has 0 unspecified atom stereocenters. The highest BCUT2D eigenvalue weighted by molar-refractivity contribution is 14.0. The standard InChI is InChI=1S/C20H31N5S.HI/c1-7-17-16(18(8-2)25(5)24-17)13-23-20(21-4)22-12-15-10-9-14(3)11-19(15)26-6;/h9-11H,7-8,12-13H2,1-6H3,(H2,21,22,23);1H. The third-order valence-corrected chi connectivity index (χ3v) is 5.39. The number of thioether (sulfide) groups is 1. The van der Waals surface area contributed by atoms with Crippen LogP contribution in [0, 0.1) is 6.92 Å². The number of nitrogens with one attached hydrogen (secondary N) is 2. The predicted molar refractivity (Wildman–Crippen MR) is 127 cm³/mol. The van der Waals surface area contributed by atoms with E-state index in [0.29, 0.717) is 0 Å². The molecule has 1 aromatic heterocycles. The van der Waals surface area contributed by atoms with Crippen molar-refractivity contribution in [3.05, 3.63) is 46.3 Å². The first-order chi connectivity index (χ1) is 12.5. The summed E-state index contributed by atoms with van der Waals surface area (Å²) in [6.07, 6.45) is 4.04. The molecule has 0 aliphatic heterocycles. The molecule has 0 aliphatic rings. The monoisotopic (exact) mass is 501 g/mol. The van der Waals surface area contributed by atoms with Gasteiger partial charge >= 0.3 is 0 Å². The Morgan fingerprint density at radius 2 is 1.89 bits per heavy atom. The normalized spacial score (nSPS) is 11.3. The van der Waals surface area contributed by atoms with Crippen molar-refractivity contribution in [2.24, 2.45) is 12.0 Å². The van der Waals surface area contributed by atoms with Gasteiger partial charge in [-0.25, -0.2) is 0 Å². The van der Waals surface area contributed by atoms with Crippen LogP contribution in [0.3, 0.4) is 0 Å². The molecule has 0 saturated heterocycles. The number of aromatic nitrogens is 2. The number of halogens is 1. The van der Waals surface area contributed by atoms with Crippen LogP contribution in [0.1, 0.15) is 41.9 Å². The lowest BCUT2D eigenvalue weighted by molar-refractivity contribution is 0.702. The molecule has 0 bridgehead atoms. The van der Waals surface area contributed by atoms with E-state index < -0.39 is 0 Å². The molecule has 2 rings (SSSR count). The Morgan fingerprint density at radius 3 is 2.48 bits per heavy atom. The summed E-state index contributed by atoms with van der Waals surface area (Å²) in [6, 6.07) is 6.57. The summed E-state index contributed by atoms with van der Waals surface area (Å²) in [7, 11) is 3.83. The molecule has 0 saturated carbocycles. The summed E-state index contributed by atoms with van der Waals surface area (Å²) in [5.74, 6) is 0.811. The van der Waals surface area contributed by atoms with Gasteiger partial charge in [0.2, 0.25) is 0 Å². The van der Waals surface area contributed by atoms with Gasteiger partial charge in [0.05, 0.1) is 5.69 Å². The van der Waals surface area contributed by atoms with Crippen LogP contribution in [0.15, 0.2) is 28.1 Å². The molecule has 7 heteroatoms. The van der Waals surface area contributed by atoms with E-state index in [2.05, 4.69) is 66.0 Å². The summed E-state index contributed by atoms with van der Waals surface area (Å²) in [5, 5.41) is 11.5. The van der Waals surface area contributed by atoms with Crippen molar-refractivity contribution in [2.75, 3.05) is 13.3 Å². The molecule has 0 radical (unpaired) electrons. The van der Waals surface area contributed by atoms with Gasteiger partial charge in [-0.2, -0.15) is 5.10 Å². The van der Waals surface area contributed by atoms with Gasteiger partial charge < -0.3 is 10.6 Å². The van der Waals surface area contributed by atoms with Crippen molar-refractivity contribution in [2.45, 2.75) is 51.6 Å². The minimum Gasteiger partial charge on any atom is -0.352 e. The summed E-state index contributed by atoms with van der Waals surface area (Å²) in [5.41, 5.74) is 6.32. The number of benzene rings is 1. The minimum absolute atomic E-state index is 0. The second kappa shape index (κ2) is 11.6. The van der Waals surface area contributed by atoms with E-state index >= 15 is 0 Å². The zero-order valence-corrected chi connectivity index (χ0v) is 20.4. The molecule has 150 valence electrons. The fourth-order valence-corrected chi connectivity index (χ4v) is 3.87. The van der Waals surface area contributed by atoms with E-state index in [1.165, 1.54) is 27.3 Å². The van der Waals surface area contributed by atoms with Gasteiger partial charge in [0.1, 0.15) is 0 Å². The number of hydrogen-bond acceptors (Lipinski definition) is 3. The van der Waals surface area contributed by atoms with E-state index in [9.17, 15) is 0 Å². The number of hydrogen-bond donors (Lipinski definition) is 2. The molecule has 5 nitrogen and oxygen atoms in total. The summed E-state index contributed by atoms with van der Waals surface area (Å²) in [6.45, 7) is 7.95. The maximum absolute atomic E-state index is 4.64. The van der Waals surface area contributed by atoms with Gasteiger partial charge in [-0.1, -0.05) is 26.0 Å². The number of aliphatic imine (C=N–C) groups is 1. The lowest BCUT2D eigenvalue weighted by Crippen LogP contribution is -2.36. The molecular formula is C20H32IN5S. The molecule has 0 atom stereocenters. The molecule has 0 spiro atoms. The van der Waals surface area contributed by atoms with Crippen LogP contribution >= 0.6 is 35.7 Å². The highest BCUT2D eigenvalue weighted by Crippen LogP contribution is 2.21. The first-order valence-electron chi connectivity index (χ1n) is 9.15. The van der Waals surface area contributed by atoms with Crippen LogP contribution in [0.2, 0.25) is 0 Å². The quantitative estimate of drug-likeness (QED) is 0.260. The van der Waals surface area contributed by atoms with Crippen molar-refractivity contribution >= 4 is 41.7 Å². The molecule has 1 heterocycles. The number of aryl methyl sites for hydroxylation is 3. The van der Waals surface area contributed by atoms with Crippen LogP contribution < -0.4 is 10.6 Å². The van der Waals surface area contributed by atoms with E-state index in [4.69, 9.17) is 0 Å². The van der Waals surface area contributed by atoms with E-state index in [0.717, 1.165) is 37.6 Å². The van der Waals surface area contributed by atoms with Crippen molar-refractivity contribution in [3.63, 3.8) is 0 Å². The summed E-state index contributed by atoms with van der Waals surface area (Å²) < 4.78 is 2.00. The van der Waals surface area contributed by atoms with Crippen LogP contribution in [0.5, 0.6) is 0 Å². The number of nitrogens with zero attached hydrogens (tertiary/aromatic N) is 3. The van der Waals surface area contributed by atoms with Crippen LogP contribution in [-0.2, 0) is 33.0 Å². The Labute approximate surface area is 184 Å². The fraction of sp³-hybridized carbons (Fsp3) is 0.500. The number of guanidine groups is 1. The molecule has 0 fully saturated rings. The first kappa shape index (κ1) is 23.8. The second-order valence-corrected chi connectivity index (χ2v) is 7.15. The third kappa shape index (κ3) is 6.14. The van der Waals surface area contributed by atoms with Gasteiger partial charge in [-0.15, -0.1) is 35.7 Å². The minimum atomic E-state index is 0. The topological polar surface area (TPSA) is 54.2 Å². The van der Waals surface area contributed by atoms with Gasteiger partial charge in [-0.05, 0) is 43.2 Å². The van der Waals surface area contributed by atoms with Crippen LogP contribution in [0.25, 0.3) is 0 Å². The van der Waals surface area contributed by atoms with Crippen LogP contribution in [0.4, 0.5) is 0 Å². The zero-order valence-electron chi connectivity index (χ0n) is 17.2.